The number of rotatable bonds is 12. The maximum absolute atomic E-state index is 13.0. The third-order valence-corrected chi connectivity index (χ3v) is 5.98. The molecule has 0 bridgehead atoms. The fraction of sp³-hybridized carbons (Fsp3) is 0.345. The zero-order valence-corrected chi connectivity index (χ0v) is 21.3. The van der Waals surface area contributed by atoms with Crippen molar-refractivity contribution in [3.63, 3.8) is 0 Å². The molecular formula is C29H33F3N2O3. The maximum atomic E-state index is 13.0. The van der Waals surface area contributed by atoms with E-state index >= 15 is 0 Å². The largest absolute Gasteiger partial charge is 0.490 e. The number of nitrogens with one attached hydrogen (secondary N) is 2. The first-order chi connectivity index (χ1) is 17.8. The maximum Gasteiger partial charge on any atom is 0.416 e. The fourth-order valence-electron chi connectivity index (χ4n) is 4.12. The number of hydrogen-bond acceptors (Lipinski definition) is 4. The number of ether oxygens (including phenoxy) is 2. The van der Waals surface area contributed by atoms with Crippen molar-refractivity contribution in [1.82, 2.24) is 10.6 Å². The molecule has 3 rings (SSSR count). The first-order valence-electron chi connectivity index (χ1n) is 12.3. The van der Waals surface area contributed by atoms with E-state index in [-0.39, 0.29) is 11.9 Å². The van der Waals surface area contributed by atoms with E-state index in [1.54, 1.807) is 7.05 Å². The molecule has 0 aromatic heterocycles. The Kier molecular flexibility index (Phi) is 9.97. The van der Waals surface area contributed by atoms with Gasteiger partial charge in [0.1, 0.15) is 6.04 Å². The van der Waals surface area contributed by atoms with Crippen molar-refractivity contribution in [2.45, 2.75) is 44.9 Å². The van der Waals surface area contributed by atoms with Gasteiger partial charge in [-0.1, -0.05) is 48.5 Å². The van der Waals surface area contributed by atoms with Crippen LogP contribution in [-0.4, -0.2) is 26.2 Å². The van der Waals surface area contributed by atoms with Gasteiger partial charge < -0.3 is 14.8 Å². The minimum atomic E-state index is -4.38. The number of hydrogen-bond donors (Lipinski definition) is 2. The summed E-state index contributed by atoms with van der Waals surface area (Å²) < 4.78 is 50.5. The van der Waals surface area contributed by atoms with Crippen molar-refractivity contribution < 1.29 is 27.4 Å². The van der Waals surface area contributed by atoms with Gasteiger partial charge in [-0.2, -0.15) is 13.2 Å². The lowest BCUT2D eigenvalue weighted by atomic mass is 9.95. The molecule has 198 valence electrons. The van der Waals surface area contributed by atoms with E-state index in [4.69, 9.17) is 9.47 Å². The number of alkyl halides is 3. The highest BCUT2D eigenvalue weighted by molar-refractivity contribution is 5.83. The second kappa shape index (κ2) is 13.1. The summed E-state index contributed by atoms with van der Waals surface area (Å²) >= 11 is 0. The number of carbonyl (C=O) groups is 1. The quantitative estimate of drug-likeness (QED) is 0.300. The standard InChI is InChI=1S/C29H33F3N2O3/c1-4-36-25-18-14-22(19-26(25)37-5-2)24(17-13-20-11-15-23(16-12-20)29(30,31)32)34-27(28(35)33-3)21-9-7-6-8-10-21/h6-12,14-16,18-19,24,27,34H,4-5,13,17H2,1-3H3,(H,33,35). The monoisotopic (exact) mass is 514 g/mol. The van der Waals surface area contributed by atoms with Crippen molar-refractivity contribution in [1.29, 1.82) is 0 Å². The highest BCUT2D eigenvalue weighted by atomic mass is 19.4. The minimum Gasteiger partial charge on any atom is -0.490 e. The molecule has 0 aliphatic heterocycles. The predicted molar refractivity (Wildman–Crippen MR) is 138 cm³/mol. The lowest BCUT2D eigenvalue weighted by Gasteiger charge is -2.26. The van der Waals surface area contributed by atoms with Crippen LogP contribution in [0.1, 0.15) is 54.6 Å². The summed E-state index contributed by atoms with van der Waals surface area (Å²) in [6.07, 6.45) is -3.34. The van der Waals surface area contributed by atoms with Crippen molar-refractivity contribution in [2.75, 3.05) is 20.3 Å². The zero-order chi connectivity index (χ0) is 26.8. The van der Waals surface area contributed by atoms with E-state index < -0.39 is 17.8 Å². The Hall–Kier alpha value is -3.52. The molecule has 0 heterocycles. The lowest BCUT2D eigenvalue weighted by Crippen LogP contribution is -2.38. The SMILES string of the molecule is CCOc1ccc(C(CCc2ccc(C(F)(F)F)cc2)NC(C(=O)NC)c2ccccc2)cc1OCC. The number of likely N-dealkylation sites (N-methyl/N-ethyl adjacent to an activating group) is 1. The molecule has 37 heavy (non-hydrogen) atoms. The van der Waals surface area contributed by atoms with Gasteiger partial charge in [-0.15, -0.1) is 0 Å². The Bertz CT molecular complexity index is 1140. The molecule has 0 aliphatic rings. The van der Waals surface area contributed by atoms with Crippen molar-refractivity contribution in [2.24, 2.45) is 0 Å². The Labute approximate surface area is 216 Å². The van der Waals surface area contributed by atoms with Crippen molar-refractivity contribution in [3.8, 4) is 11.5 Å². The summed E-state index contributed by atoms with van der Waals surface area (Å²) in [4.78, 5) is 12.9. The topological polar surface area (TPSA) is 59.6 Å². The molecule has 0 radical (unpaired) electrons. The van der Waals surface area contributed by atoms with Gasteiger partial charge in [-0.3, -0.25) is 10.1 Å². The third-order valence-electron chi connectivity index (χ3n) is 5.98. The zero-order valence-electron chi connectivity index (χ0n) is 21.3. The van der Waals surface area contributed by atoms with Crippen LogP contribution in [0.2, 0.25) is 0 Å². The van der Waals surface area contributed by atoms with E-state index in [2.05, 4.69) is 10.6 Å². The summed E-state index contributed by atoms with van der Waals surface area (Å²) in [6, 6.07) is 19.3. The van der Waals surface area contributed by atoms with Gasteiger partial charge >= 0.3 is 6.18 Å². The van der Waals surface area contributed by atoms with Gasteiger partial charge in [0.15, 0.2) is 11.5 Å². The number of aryl methyl sites for hydroxylation is 1. The second-order valence-corrected chi connectivity index (χ2v) is 8.48. The molecule has 1 amide bonds. The Morgan fingerprint density at radius 3 is 2.11 bits per heavy atom. The Morgan fingerprint density at radius 1 is 0.865 bits per heavy atom. The Balaban J connectivity index is 1.93. The molecule has 0 spiro atoms. The third kappa shape index (κ3) is 7.73. The van der Waals surface area contributed by atoms with Crippen LogP contribution in [0.4, 0.5) is 13.2 Å². The van der Waals surface area contributed by atoms with Crippen molar-refractivity contribution in [3.05, 3.63) is 95.1 Å². The summed E-state index contributed by atoms with van der Waals surface area (Å²) in [6.45, 7) is 4.73. The number of carbonyl (C=O) groups excluding carboxylic acids is 1. The second-order valence-electron chi connectivity index (χ2n) is 8.48. The highest BCUT2D eigenvalue weighted by Gasteiger charge is 2.30. The molecule has 3 aromatic rings. The van der Waals surface area contributed by atoms with Crippen LogP contribution >= 0.6 is 0 Å². The van der Waals surface area contributed by atoms with Crippen LogP contribution in [-0.2, 0) is 17.4 Å². The minimum absolute atomic E-state index is 0.193. The number of benzene rings is 3. The molecular weight excluding hydrogens is 481 g/mol. The Morgan fingerprint density at radius 2 is 1.51 bits per heavy atom. The molecule has 2 unspecified atom stereocenters. The first kappa shape index (κ1) is 28.1. The summed E-state index contributed by atoms with van der Waals surface area (Å²) in [5.41, 5.74) is 1.77. The lowest BCUT2D eigenvalue weighted by molar-refractivity contribution is -0.137. The summed E-state index contributed by atoms with van der Waals surface area (Å²) in [7, 11) is 1.58. The van der Waals surface area contributed by atoms with Gasteiger partial charge in [0.05, 0.1) is 18.8 Å². The van der Waals surface area contributed by atoms with Crippen LogP contribution in [0, 0.1) is 0 Å². The number of halogens is 3. The average molecular weight is 515 g/mol. The molecule has 5 nitrogen and oxygen atoms in total. The molecule has 0 saturated heterocycles. The van der Waals surface area contributed by atoms with Crippen LogP contribution < -0.4 is 20.1 Å². The highest BCUT2D eigenvalue weighted by Crippen LogP contribution is 2.34. The van der Waals surface area contributed by atoms with Gasteiger partial charge in [-0.25, -0.2) is 0 Å². The predicted octanol–water partition coefficient (Wildman–Crippen LogP) is 6.25. The van der Waals surface area contributed by atoms with Gasteiger partial charge in [0, 0.05) is 13.1 Å². The molecule has 2 N–H and O–H groups in total. The van der Waals surface area contributed by atoms with Crippen LogP contribution in [0.5, 0.6) is 11.5 Å². The molecule has 8 heteroatoms. The normalized spacial score (nSPS) is 13.0. The molecule has 0 aliphatic carbocycles. The van der Waals surface area contributed by atoms with Gasteiger partial charge in [0.25, 0.3) is 0 Å². The fourth-order valence-corrected chi connectivity index (χ4v) is 4.12. The summed E-state index contributed by atoms with van der Waals surface area (Å²) in [5.74, 6) is 1.03. The van der Waals surface area contributed by atoms with E-state index in [1.165, 1.54) is 12.1 Å². The van der Waals surface area contributed by atoms with E-state index in [1.807, 2.05) is 62.4 Å². The first-order valence-corrected chi connectivity index (χ1v) is 12.3. The average Bonchev–Trinajstić information content (AvgIpc) is 2.90. The molecule has 3 aromatic carbocycles. The number of amides is 1. The van der Waals surface area contributed by atoms with Gasteiger partial charge in [0.2, 0.25) is 5.91 Å². The van der Waals surface area contributed by atoms with E-state index in [0.717, 1.165) is 28.8 Å². The van der Waals surface area contributed by atoms with Crippen LogP contribution in [0.25, 0.3) is 0 Å². The molecule has 2 atom stereocenters. The van der Waals surface area contributed by atoms with E-state index in [9.17, 15) is 18.0 Å². The van der Waals surface area contributed by atoms with Crippen LogP contribution in [0.3, 0.4) is 0 Å². The van der Waals surface area contributed by atoms with Crippen molar-refractivity contribution >= 4 is 5.91 Å². The van der Waals surface area contributed by atoms with Crippen LogP contribution in [0.15, 0.2) is 72.8 Å². The molecule has 0 fully saturated rings. The summed E-state index contributed by atoms with van der Waals surface area (Å²) in [5, 5.41) is 6.20. The van der Waals surface area contributed by atoms with Gasteiger partial charge in [-0.05, 0) is 67.6 Å². The van der Waals surface area contributed by atoms with E-state index in [0.29, 0.717) is 37.6 Å². The molecule has 0 saturated carbocycles. The smallest absolute Gasteiger partial charge is 0.416 e.